The van der Waals surface area contributed by atoms with E-state index in [0.29, 0.717) is 29.6 Å². The summed E-state index contributed by atoms with van der Waals surface area (Å²) in [7, 11) is 1.94. The van der Waals surface area contributed by atoms with Crippen molar-refractivity contribution in [3.63, 3.8) is 0 Å². The molecule has 1 unspecified atom stereocenters. The van der Waals surface area contributed by atoms with Gasteiger partial charge in [0.2, 0.25) is 0 Å². The van der Waals surface area contributed by atoms with Crippen molar-refractivity contribution in [1.29, 1.82) is 0 Å². The molecule has 0 bridgehead atoms. The van der Waals surface area contributed by atoms with Gasteiger partial charge >= 0.3 is 0 Å². The van der Waals surface area contributed by atoms with Gasteiger partial charge in [-0.3, -0.25) is 4.79 Å². The van der Waals surface area contributed by atoms with E-state index in [1.165, 1.54) is 19.2 Å². The SMILES string of the molecule is CC(C1CC1)N(C)c1ncnc(Cl)c1C=O. The van der Waals surface area contributed by atoms with Crippen molar-refractivity contribution in [3.05, 3.63) is 17.0 Å². The van der Waals surface area contributed by atoms with E-state index in [1.54, 1.807) is 0 Å². The number of carbonyl (C=O) groups is 1. The Hall–Kier alpha value is -1.16. The zero-order chi connectivity index (χ0) is 11.7. The van der Waals surface area contributed by atoms with Gasteiger partial charge in [0, 0.05) is 13.1 Å². The molecular formula is C11H14ClN3O. The molecule has 1 aromatic heterocycles. The van der Waals surface area contributed by atoms with Gasteiger partial charge in [0.15, 0.2) is 6.29 Å². The summed E-state index contributed by atoms with van der Waals surface area (Å²) in [5, 5.41) is 0.217. The summed E-state index contributed by atoms with van der Waals surface area (Å²) >= 11 is 5.86. The highest BCUT2D eigenvalue weighted by atomic mass is 35.5. The largest absolute Gasteiger partial charge is 0.356 e. The molecule has 0 aromatic carbocycles. The van der Waals surface area contributed by atoms with Crippen LogP contribution in [0.2, 0.25) is 5.15 Å². The van der Waals surface area contributed by atoms with Gasteiger partial charge in [-0.25, -0.2) is 9.97 Å². The maximum atomic E-state index is 11.0. The minimum absolute atomic E-state index is 0.217. The number of hydrogen-bond donors (Lipinski definition) is 0. The molecule has 0 radical (unpaired) electrons. The van der Waals surface area contributed by atoms with Gasteiger partial charge in [0.05, 0.1) is 5.56 Å². The van der Waals surface area contributed by atoms with Gasteiger partial charge in [0.25, 0.3) is 0 Å². The fraction of sp³-hybridized carbons (Fsp3) is 0.545. The number of nitrogens with zero attached hydrogens (tertiary/aromatic N) is 3. The molecule has 2 rings (SSSR count). The third kappa shape index (κ3) is 2.02. The smallest absolute Gasteiger partial charge is 0.156 e. The van der Waals surface area contributed by atoms with Crippen molar-refractivity contribution in [3.8, 4) is 0 Å². The fourth-order valence-corrected chi connectivity index (χ4v) is 2.01. The normalized spacial score (nSPS) is 16.9. The highest BCUT2D eigenvalue weighted by Crippen LogP contribution is 2.36. The van der Waals surface area contributed by atoms with Crippen molar-refractivity contribution in [2.45, 2.75) is 25.8 Å². The minimum Gasteiger partial charge on any atom is -0.356 e. The highest BCUT2D eigenvalue weighted by Gasteiger charge is 2.32. The molecule has 0 aliphatic heterocycles. The van der Waals surface area contributed by atoms with Crippen LogP contribution in [-0.2, 0) is 0 Å². The molecule has 4 nitrogen and oxygen atoms in total. The van der Waals surface area contributed by atoms with E-state index in [1.807, 2.05) is 11.9 Å². The molecule has 5 heteroatoms. The molecule has 0 N–H and O–H groups in total. The first-order valence-corrected chi connectivity index (χ1v) is 5.71. The second-order valence-corrected chi connectivity index (χ2v) is 4.57. The van der Waals surface area contributed by atoms with Crippen LogP contribution < -0.4 is 4.90 Å². The monoisotopic (exact) mass is 239 g/mol. The van der Waals surface area contributed by atoms with Gasteiger partial charge in [-0.2, -0.15) is 0 Å². The predicted octanol–water partition coefficient (Wildman–Crippen LogP) is 2.18. The average Bonchev–Trinajstić information content (AvgIpc) is 3.10. The van der Waals surface area contributed by atoms with Crippen LogP contribution in [0.5, 0.6) is 0 Å². The molecule has 0 saturated heterocycles. The number of aromatic nitrogens is 2. The Morgan fingerprint density at radius 1 is 1.56 bits per heavy atom. The third-order valence-electron chi connectivity index (χ3n) is 3.18. The van der Waals surface area contributed by atoms with E-state index in [2.05, 4.69) is 16.9 Å². The number of rotatable bonds is 4. The first-order valence-electron chi connectivity index (χ1n) is 5.33. The van der Waals surface area contributed by atoms with Gasteiger partial charge in [-0.1, -0.05) is 11.6 Å². The van der Waals surface area contributed by atoms with Crippen LogP contribution in [0.3, 0.4) is 0 Å². The average molecular weight is 240 g/mol. The Kier molecular flexibility index (Phi) is 3.10. The molecule has 16 heavy (non-hydrogen) atoms. The Bertz CT molecular complexity index is 406. The third-order valence-corrected chi connectivity index (χ3v) is 3.48. The Morgan fingerprint density at radius 2 is 2.25 bits per heavy atom. The van der Waals surface area contributed by atoms with Crippen molar-refractivity contribution >= 4 is 23.7 Å². The standard InChI is InChI=1S/C11H14ClN3O/c1-7(8-3-4-8)15(2)11-9(5-16)10(12)13-6-14-11/h5-8H,3-4H2,1-2H3. The maximum Gasteiger partial charge on any atom is 0.156 e. The zero-order valence-electron chi connectivity index (χ0n) is 9.35. The molecule has 86 valence electrons. The lowest BCUT2D eigenvalue weighted by Crippen LogP contribution is -2.32. The van der Waals surface area contributed by atoms with Gasteiger partial charge < -0.3 is 4.90 Å². The number of halogens is 1. The van der Waals surface area contributed by atoms with E-state index in [0.717, 1.165) is 0 Å². The number of hydrogen-bond acceptors (Lipinski definition) is 4. The molecule has 1 atom stereocenters. The fourth-order valence-electron chi connectivity index (χ4n) is 1.84. The summed E-state index contributed by atoms with van der Waals surface area (Å²) in [5.74, 6) is 1.33. The lowest BCUT2D eigenvalue weighted by Gasteiger charge is -2.26. The van der Waals surface area contributed by atoms with Crippen LogP contribution in [0.15, 0.2) is 6.33 Å². The van der Waals surface area contributed by atoms with Crippen LogP contribution in [0.4, 0.5) is 5.82 Å². The maximum absolute atomic E-state index is 11.0. The van der Waals surface area contributed by atoms with E-state index in [-0.39, 0.29) is 5.15 Å². The van der Waals surface area contributed by atoms with Crippen molar-refractivity contribution in [1.82, 2.24) is 9.97 Å². The number of anilines is 1. The second kappa shape index (κ2) is 4.37. The zero-order valence-corrected chi connectivity index (χ0v) is 10.1. The van der Waals surface area contributed by atoms with Crippen molar-refractivity contribution in [2.75, 3.05) is 11.9 Å². The molecule has 0 amide bonds. The Morgan fingerprint density at radius 3 is 2.81 bits per heavy atom. The van der Waals surface area contributed by atoms with Crippen molar-refractivity contribution in [2.24, 2.45) is 5.92 Å². The molecule has 1 fully saturated rings. The second-order valence-electron chi connectivity index (χ2n) is 4.21. The lowest BCUT2D eigenvalue weighted by atomic mass is 10.2. The van der Waals surface area contributed by atoms with Crippen LogP contribution in [0.25, 0.3) is 0 Å². The summed E-state index contributed by atoms with van der Waals surface area (Å²) < 4.78 is 0. The summed E-state index contributed by atoms with van der Waals surface area (Å²) in [6.07, 6.45) is 4.61. The Labute approximate surface area is 99.6 Å². The molecular weight excluding hydrogens is 226 g/mol. The van der Waals surface area contributed by atoms with E-state index < -0.39 is 0 Å². The lowest BCUT2D eigenvalue weighted by molar-refractivity contribution is 0.112. The molecule has 0 spiro atoms. The van der Waals surface area contributed by atoms with Crippen LogP contribution in [0.1, 0.15) is 30.1 Å². The molecule has 1 heterocycles. The first-order chi connectivity index (χ1) is 7.65. The summed E-state index contributed by atoms with van der Waals surface area (Å²) in [6.45, 7) is 2.14. The molecule has 1 saturated carbocycles. The van der Waals surface area contributed by atoms with Gasteiger partial charge in [-0.15, -0.1) is 0 Å². The van der Waals surface area contributed by atoms with E-state index in [4.69, 9.17) is 11.6 Å². The summed E-state index contributed by atoms with van der Waals surface area (Å²) in [4.78, 5) is 20.9. The van der Waals surface area contributed by atoms with E-state index >= 15 is 0 Å². The topological polar surface area (TPSA) is 46.1 Å². The van der Waals surface area contributed by atoms with Crippen LogP contribution in [-0.4, -0.2) is 29.3 Å². The molecule has 1 aliphatic carbocycles. The quantitative estimate of drug-likeness (QED) is 0.597. The molecule has 1 aromatic rings. The first kappa shape index (κ1) is 11.3. The summed E-state index contributed by atoms with van der Waals surface area (Å²) in [5.41, 5.74) is 0.374. The van der Waals surface area contributed by atoms with E-state index in [9.17, 15) is 4.79 Å². The predicted molar refractivity (Wildman–Crippen MR) is 63.0 cm³/mol. The van der Waals surface area contributed by atoms with Crippen LogP contribution >= 0.6 is 11.6 Å². The highest BCUT2D eigenvalue weighted by molar-refractivity contribution is 6.32. The van der Waals surface area contributed by atoms with Crippen molar-refractivity contribution < 1.29 is 4.79 Å². The van der Waals surface area contributed by atoms with Gasteiger partial charge in [-0.05, 0) is 25.7 Å². The number of carbonyl (C=O) groups excluding carboxylic acids is 1. The van der Waals surface area contributed by atoms with Gasteiger partial charge in [0.1, 0.15) is 17.3 Å². The molecule has 1 aliphatic rings. The summed E-state index contributed by atoms with van der Waals surface area (Å²) in [6, 6.07) is 0.379. The Balaban J connectivity index is 2.31. The minimum atomic E-state index is 0.217. The number of aldehydes is 1. The van der Waals surface area contributed by atoms with Crippen LogP contribution in [0, 0.1) is 5.92 Å².